The number of nitro groups is 1. The lowest BCUT2D eigenvalue weighted by Crippen LogP contribution is -2.52. The Hall–Kier alpha value is -1.70. The van der Waals surface area contributed by atoms with E-state index in [2.05, 4.69) is 4.90 Å². The van der Waals surface area contributed by atoms with Gasteiger partial charge in [-0.1, -0.05) is 12.8 Å². The number of hydrogen-bond donors (Lipinski definition) is 0. The summed E-state index contributed by atoms with van der Waals surface area (Å²) in [5.74, 6) is 0.755. The molecule has 1 aliphatic carbocycles. The van der Waals surface area contributed by atoms with Crippen LogP contribution in [0.1, 0.15) is 36.8 Å². The summed E-state index contributed by atoms with van der Waals surface area (Å²) in [5, 5.41) is 11.2. The summed E-state index contributed by atoms with van der Waals surface area (Å²) < 4.78 is 16.9. The fraction of sp³-hybridized carbons (Fsp3) is 0.647. The van der Waals surface area contributed by atoms with E-state index in [0.29, 0.717) is 25.3 Å². The van der Waals surface area contributed by atoms with E-state index in [1.54, 1.807) is 12.1 Å². The van der Waals surface area contributed by atoms with E-state index in [0.717, 1.165) is 42.9 Å². The number of fused-ring (bicyclic) bond motifs is 2. The lowest BCUT2D eigenvalue weighted by molar-refractivity contribution is -0.385. The maximum absolute atomic E-state index is 11.2. The Kier molecular flexibility index (Phi) is 4.39. The zero-order chi connectivity index (χ0) is 16.5. The number of non-ortho nitro benzene ring substituents is 1. The van der Waals surface area contributed by atoms with Gasteiger partial charge in [0.1, 0.15) is 5.75 Å². The predicted molar refractivity (Wildman–Crippen MR) is 85.8 cm³/mol. The quantitative estimate of drug-likeness (QED) is 0.625. The molecule has 1 saturated carbocycles. The number of hydrogen-bond acceptors (Lipinski definition) is 6. The normalized spacial score (nSPS) is 27.0. The molecule has 2 atom stereocenters. The number of ether oxygens (including phenoxy) is 3. The summed E-state index contributed by atoms with van der Waals surface area (Å²) in [5.41, 5.74) is 1.75. The third-order valence-electron chi connectivity index (χ3n) is 5.20. The van der Waals surface area contributed by atoms with Crippen LogP contribution in [0.5, 0.6) is 5.75 Å². The molecule has 130 valence electrons. The highest BCUT2D eigenvalue weighted by Crippen LogP contribution is 2.36. The van der Waals surface area contributed by atoms with Gasteiger partial charge in [0.25, 0.3) is 5.69 Å². The van der Waals surface area contributed by atoms with Gasteiger partial charge in [0.05, 0.1) is 24.2 Å². The monoisotopic (exact) mass is 334 g/mol. The summed E-state index contributed by atoms with van der Waals surface area (Å²) in [6.07, 6.45) is 4.98. The second-order valence-electron chi connectivity index (χ2n) is 6.69. The minimum absolute atomic E-state index is 0.103. The van der Waals surface area contributed by atoms with E-state index in [4.69, 9.17) is 14.2 Å². The minimum Gasteiger partial charge on any atom is -0.467 e. The van der Waals surface area contributed by atoms with Crippen molar-refractivity contribution >= 4 is 5.69 Å². The van der Waals surface area contributed by atoms with Crippen molar-refractivity contribution in [3.05, 3.63) is 33.4 Å². The van der Waals surface area contributed by atoms with Gasteiger partial charge < -0.3 is 14.2 Å². The number of benzene rings is 1. The van der Waals surface area contributed by atoms with Crippen molar-refractivity contribution in [2.45, 2.75) is 51.0 Å². The van der Waals surface area contributed by atoms with E-state index in [1.807, 2.05) is 0 Å². The predicted octanol–water partition coefficient (Wildman–Crippen LogP) is 2.60. The van der Waals surface area contributed by atoms with Gasteiger partial charge in [-0.15, -0.1) is 0 Å². The number of nitrogens with zero attached hydrogens (tertiary/aromatic N) is 2. The highest BCUT2D eigenvalue weighted by molar-refractivity contribution is 5.50. The number of morpholine rings is 1. The smallest absolute Gasteiger partial charge is 0.270 e. The first-order valence-corrected chi connectivity index (χ1v) is 8.59. The molecule has 1 saturated heterocycles. The standard InChI is InChI=1S/C17H22N2O5/c20-19(21)14-7-12(17-13(8-14)10-22-11-24-17)9-18-5-6-23-16-4-2-1-3-15(16)18/h7-8,15-16H,1-6,9-11H2/t15-,16-/m1/s1. The third kappa shape index (κ3) is 2.99. The van der Waals surface area contributed by atoms with Gasteiger partial charge in [0.15, 0.2) is 6.79 Å². The molecule has 0 spiro atoms. The zero-order valence-electron chi connectivity index (χ0n) is 13.6. The molecule has 0 amide bonds. The van der Waals surface area contributed by atoms with Crippen LogP contribution in [0.3, 0.4) is 0 Å². The lowest BCUT2D eigenvalue weighted by Gasteiger charge is -2.44. The summed E-state index contributed by atoms with van der Waals surface area (Å²) in [6, 6.07) is 3.61. The molecule has 7 heteroatoms. The topological polar surface area (TPSA) is 74.1 Å². The Balaban J connectivity index is 1.63. The zero-order valence-corrected chi connectivity index (χ0v) is 13.6. The fourth-order valence-corrected chi connectivity index (χ4v) is 4.10. The SMILES string of the molecule is O=[N+]([O-])c1cc2c(c(CN3CCO[C@@H]4CCCC[C@H]43)c1)OCOC2. The molecule has 7 nitrogen and oxygen atoms in total. The second kappa shape index (κ2) is 6.66. The molecule has 1 aromatic carbocycles. The van der Waals surface area contributed by atoms with Crippen LogP contribution >= 0.6 is 0 Å². The van der Waals surface area contributed by atoms with Gasteiger partial charge >= 0.3 is 0 Å². The minimum atomic E-state index is -0.346. The van der Waals surface area contributed by atoms with Gasteiger partial charge in [-0.3, -0.25) is 15.0 Å². The lowest BCUT2D eigenvalue weighted by atomic mass is 9.89. The van der Waals surface area contributed by atoms with Gasteiger partial charge in [0.2, 0.25) is 0 Å². The van der Waals surface area contributed by atoms with Crippen molar-refractivity contribution in [3.8, 4) is 5.75 Å². The van der Waals surface area contributed by atoms with E-state index < -0.39 is 0 Å². The molecular weight excluding hydrogens is 312 g/mol. The molecule has 2 fully saturated rings. The fourth-order valence-electron chi connectivity index (χ4n) is 4.10. The average molecular weight is 334 g/mol. The van der Waals surface area contributed by atoms with Gasteiger partial charge in [-0.25, -0.2) is 0 Å². The molecule has 0 aromatic heterocycles. The van der Waals surface area contributed by atoms with Crippen LogP contribution in [0.4, 0.5) is 5.69 Å². The summed E-state index contributed by atoms with van der Waals surface area (Å²) >= 11 is 0. The molecule has 0 bridgehead atoms. The van der Waals surface area contributed by atoms with Crippen LogP contribution in [0.15, 0.2) is 12.1 Å². The van der Waals surface area contributed by atoms with E-state index in [-0.39, 0.29) is 17.4 Å². The Bertz CT molecular complexity index is 634. The molecule has 0 N–H and O–H groups in total. The Labute approximate surface area is 140 Å². The Morgan fingerprint density at radius 2 is 2.17 bits per heavy atom. The molecule has 3 aliphatic rings. The van der Waals surface area contributed by atoms with Crippen LogP contribution in [0, 0.1) is 10.1 Å². The summed E-state index contributed by atoms with van der Waals surface area (Å²) in [4.78, 5) is 13.3. The van der Waals surface area contributed by atoms with E-state index in [1.165, 1.54) is 12.8 Å². The van der Waals surface area contributed by atoms with Crippen molar-refractivity contribution in [2.75, 3.05) is 19.9 Å². The Morgan fingerprint density at radius 1 is 1.29 bits per heavy atom. The van der Waals surface area contributed by atoms with Crippen LogP contribution in [0.25, 0.3) is 0 Å². The highest BCUT2D eigenvalue weighted by Gasteiger charge is 2.35. The molecule has 4 rings (SSSR count). The van der Waals surface area contributed by atoms with Gasteiger partial charge in [-0.05, 0) is 12.8 Å². The van der Waals surface area contributed by atoms with Gasteiger partial charge in [0, 0.05) is 42.4 Å². The second-order valence-corrected chi connectivity index (χ2v) is 6.69. The Morgan fingerprint density at radius 3 is 3.04 bits per heavy atom. The average Bonchev–Trinajstić information content (AvgIpc) is 2.62. The molecule has 2 heterocycles. The molecule has 1 aromatic rings. The largest absolute Gasteiger partial charge is 0.467 e. The molecular formula is C17H22N2O5. The molecule has 0 radical (unpaired) electrons. The van der Waals surface area contributed by atoms with Crippen LogP contribution in [0.2, 0.25) is 0 Å². The molecule has 0 unspecified atom stereocenters. The third-order valence-corrected chi connectivity index (χ3v) is 5.20. The van der Waals surface area contributed by atoms with Crippen LogP contribution in [-0.2, 0) is 22.6 Å². The van der Waals surface area contributed by atoms with Gasteiger partial charge in [-0.2, -0.15) is 0 Å². The highest BCUT2D eigenvalue weighted by atomic mass is 16.7. The first kappa shape index (κ1) is 15.8. The van der Waals surface area contributed by atoms with Crippen molar-refractivity contribution in [3.63, 3.8) is 0 Å². The first-order valence-electron chi connectivity index (χ1n) is 8.59. The number of rotatable bonds is 3. The first-order chi connectivity index (χ1) is 11.7. The molecule has 2 aliphatic heterocycles. The van der Waals surface area contributed by atoms with Crippen molar-refractivity contribution in [1.29, 1.82) is 0 Å². The number of nitro benzene ring substituents is 1. The van der Waals surface area contributed by atoms with E-state index in [9.17, 15) is 10.1 Å². The van der Waals surface area contributed by atoms with Crippen LogP contribution in [-0.4, -0.2) is 41.9 Å². The maximum atomic E-state index is 11.2. The molecule has 24 heavy (non-hydrogen) atoms. The van der Waals surface area contributed by atoms with Crippen molar-refractivity contribution in [1.82, 2.24) is 4.90 Å². The van der Waals surface area contributed by atoms with Crippen molar-refractivity contribution < 1.29 is 19.1 Å². The van der Waals surface area contributed by atoms with Crippen LogP contribution < -0.4 is 4.74 Å². The summed E-state index contributed by atoms with van der Waals surface area (Å²) in [6.45, 7) is 2.80. The summed E-state index contributed by atoms with van der Waals surface area (Å²) in [7, 11) is 0. The van der Waals surface area contributed by atoms with Crippen molar-refractivity contribution in [2.24, 2.45) is 0 Å². The maximum Gasteiger partial charge on any atom is 0.270 e. The van der Waals surface area contributed by atoms with E-state index >= 15 is 0 Å².